The molecule has 2 unspecified atom stereocenters. The second kappa shape index (κ2) is 14.3. The van der Waals surface area contributed by atoms with Crippen LogP contribution < -0.4 is 20.4 Å². The lowest BCUT2D eigenvalue weighted by Crippen LogP contribution is -2.50. The molecule has 11 nitrogen and oxygen atoms in total. The SMILES string of the molecule is CCN(c1cc(-c2ccc3c(c2)N(C)C(=C=O)C32CCN(C(=O)O)C(C)C2)cc(C(=O)NCC2=C(C)C=C(C)NC2=C=O)c1C)C1CCOCC1. The topological polar surface area (TPSA) is 132 Å². The van der Waals surface area contributed by atoms with Gasteiger partial charge in [0.15, 0.2) is 5.94 Å². The van der Waals surface area contributed by atoms with Gasteiger partial charge < -0.3 is 35.2 Å². The first kappa shape index (κ1) is 35.7. The van der Waals surface area contributed by atoms with E-state index in [2.05, 4.69) is 46.6 Å². The molecule has 0 radical (unpaired) electrons. The number of carbonyl (C=O) groups excluding carboxylic acids is 3. The quantitative estimate of drug-likeness (QED) is 0.322. The third kappa shape index (κ3) is 6.38. The third-order valence-electron chi connectivity index (χ3n) is 11.3. The van der Waals surface area contributed by atoms with Gasteiger partial charge in [0, 0.05) is 80.2 Å². The lowest BCUT2D eigenvalue weighted by Gasteiger charge is -2.42. The average molecular weight is 694 g/mol. The van der Waals surface area contributed by atoms with Gasteiger partial charge in [-0.05, 0) is 112 Å². The molecule has 0 aromatic heterocycles. The molecule has 6 rings (SSSR count). The van der Waals surface area contributed by atoms with Crippen LogP contribution in [0.2, 0.25) is 0 Å². The van der Waals surface area contributed by atoms with Crippen molar-refractivity contribution >= 4 is 35.3 Å². The Morgan fingerprint density at radius 1 is 1.10 bits per heavy atom. The van der Waals surface area contributed by atoms with Crippen LogP contribution in [0.3, 0.4) is 0 Å². The van der Waals surface area contributed by atoms with Crippen LogP contribution in [0.1, 0.15) is 74.9 Å². The number of carbonyl (C=O) groups is 2. The Kier molecular flexibility index (Phi) is 10.0. The van der Waals surface area contributed by atoms with E-state index >= 15 is 0 Å². The highest BCUT2D eigenvalue weighted by Crippen LogP contribution is 2.54. The number of likely N-dealkylation sites (tertiary alicyclic amines) is 1. The highest BCUT2D eigenvalue weighted by molar-refractivity contribution is 5.99. The van der Waals surface area contributed by atoms with E-state index in [0.29, 0.717) is 55.1 Å². The van der Waals surface area contributed by atoms with Crippen LogP contribution in [0, 0.1) is 6.92 Å². The Hall–Kier alpha value is -5.08. The third-order valence-corrected chi connectivity index (χ3v) is 11.3. The number of rotatable bonds is 7. The zero-order chi connectivity index (χ0) is 36.6. The molecule has 2 saturated heterocycles. The summed E-state index contributed by atoms with van der Waals surface area (Å²) in [6.07, 6.45) is 3.73. The standard InChI is InChI=1S/C40H47N5O6/c1-7-44(30-10-14-51-15-11-30)35-19-29(17-31(27(35)5)38(48)41-21-32-24(2)16-25(3)42-34(32)22-46)28-8-9-33-36(18-28)43(6)37(23-47)40(33)12-13-45(39(49)50)26(4)20-40/h8-9,16-19,26,30,42H,7,10-15,20-21H2,1-6H3,(H,41,48)(H,49,50). The lowest BCUT2D eigenvalue weighted by atomic mass is 9.70. The van der Waals surface area contributed by atoms with Crippen molar-refractivity contribution in [3.05, 3.63) is 81.3 Å². The fourth-order valence-corrected chi connectivity index (χ4v) is 8.64. The van der Waals surface area contributed by atoms with Crippen molar-refractivity contribution in [2.45, 2.75) is 77.8 Å². The first-order valence-corrected chi connectivity index (χ1v) is 17.8. The monoisotopic (exact) mass is 693 g/mol. The number of nitrogens with zero attached hydrogens (tertiary/aromatic N) is 3. The van der Waals surface area contributed by atoms with Crippen LogP contribution in [0.15, 0.2) is 64.6 Å². The van der Waals surface area contributed by atoms with Crippen molar-refractivity contribution < 1.29 is 29.0 Å². The number of hydrogen-bond donors (Lipinski definition) is 3. The second-order valence-corrected chi connectivity index (χ2v) is 14.2. The molecule has 2 aromatic rings. The fraction of sp³-hybridized carbons (Fsp3) is 0.450. The average Bonchev–Trinajstić information content (AvgIpc) is 3.33. The molecule has 268 valence electrons. The van der Waals surface area contributed by atoms with Gasteiger partial charge in [0.25, 0.3) is 5.91 Å². The summed E-state index contributed by atoms with van der Waals surface area (Å²) < 4.78 is 5.68. The number of benzene rings is 2. The molecule has 0 aliphatic carbocycles. The van der Waals surface area contributed by atoms with Crippen LogP contribution in [0.5, 0.6) is 0 Å². The number of piperidine rings is 1. The van der Waals surface area contributed by atoms with E-state index in [1.807, 2.05) is 63.8 Å². The van der Waals surface area contributed by atoms with E-state index in [1.165, 1.54) is 4.90 Å². The van der Waals surface area contributed by atoms with Gasteiger partial charge in [-0.1, -0.05) is 12.1 Å². The molecule has 51 heavy (non-hydrogen) atoms. The summed E-state index contributed by atoms with van der Waals surface area (Å²) in [7, 11) is 1.87. The molecule has 3 N–H and O–H groups in total. The summed E-state index contributed by atoms with van der Waals surface area (Å²) >= 11 is 0. The number of carboxylic acid groups (broad SMARTS) is 1. The number of allylic oxidation sites excluding steroid dienone is 4. The Morgan fingerprint density at radius 2 is 1.84 bits per heavy atom. The molecule has 4 heterocycles. The smallest absolute Gasteiger partial charge is 0.407 e. The van der Waals surface area contributed by atoms with Gasteiger partial charge in [-0.25, -0.2) is 14.4 Å². The molecule has 0 saturated carbocycles. The van der Waals surface area contributed by atoms with Gasteiger partial charge in [-0.3, -0.25) is 4.79 Å². The lowest BCUT2D eigenvalue weighted by molar-refractivity contribution is 0.0845. The second-order valence-electron chi connectivity index (χ2n) is 14.2. The van der Waals surface area contributed by atoms with Crippen molar-refractivity contribution in [2.75, 3.05) is 49.7 Å². The van der Waals surface area contributed by atoms with Crippen LogP contribution in [-0.4, -0.2) is 85.9 Å². The van der Waals surface area contributed by atoms with Crippen LogP contribution >= 0.6 is 0 Å². The molecule has 11 heteroatoms. The first-order chi connectivity index (χ1) is 24.4. The number of amides is 2. The van der Waals surface area contributed by atoms with Crippen molar-refractivity contribution in [3.63, 3.8) is 0 Å². The van der Waals surface area contributed by atoms with Crippen LogP contribution in [-0.2, 0) is 19.7 Å². The predicted octanol–water partition coefficient (Wildman–Crippen LogP) is 5.50. The van der Waals surface area contributed by atoms with Gasteiger partial charge >= 0.3 is 6.09 Å². The summed E-state index contributed by atoms with van der Waals surface area (Å²) in [6, 6.07) is 10.2. The number of nitrogens with one attached hydrogen (secondary N) is 2. The maximum absolute atomic E-state index is 14.1. The number of likely N-dealkylation sites (N-methyl/N-ethyl adjacent to an activating group) is 1. The van der Waals surface area contributed by atoms with Crippen molar-refractivity contribution in [3.8, 4) is 11.1 Å². The Bertz CT molecular complexity index is 1930. The van der Waals surface area contributed by atoms with E-state index in [1.54, 1.807) is 0 Å². The maximum atomic E-state index is 14.1. The summed E-state index contributed by atoms with van der Waals surface area (Å²) in [5.41, 5.74) is 8.59. The summed E-state index contributed by atoms with van der Waals surface area (Å²) in [4.78, 5) is 56.0. The highest BCUT2D eigenvalue weighted by atomic mass is 16.5. The van der Waals surface area contributed by atoms with Crippen LogP contribution in [0.4, 0.5) is 16.2 Å². The van der Waals surface area contributed by atoms with Gasteiger partial charge in [-0.2, -0.15) is 0 Å². The zero-order valence-corrected chi connectivity index (χ0v) is 30.3. The van der Waals surface area contributed by atoms with E-state index in [0.717, 1.165) is 64.3 Å². The number of ether oxygens (including phenoxy) is 1. The molecule has 2 aromatic carbocycles. The van der Waals surface area contributed by atoms with E-state index in [4.69, 9.17) is 4.74 Å². The number of anilines is 2. The molecular formula is C40H47N5O6. The summed E-state index contributed by atoms with van der Waals surface area (Å²) in [5.74, 6) is 3.95. The first-order valence-electron chi connectivity index (χ1n) is 17.8. The summed E-state index contributed by atoms with van der Waals surface area (Å²) in [6.45, 7) is 12.4. The Balaban J connectivity index is 1.42. The molecule has 0 bridgehead atoms. The normalized spacial score (nSPS) is 21.9. The van der Waals surface area contributed by atoms with E-state index < -0.39 is 11.5 Å². The van der Waals surface area contributed by atoms with E-state index in [9.17, 15) is 24.3 Å². The van der Waals surface area contributed by atoms with Gasteiger partial charge in [0.1, 0.15) is 17.3 Å². The van der Waals surface area contributed by atoms with Crippen LogP contribution in [0.25, 0.3) is 11.1 Å². The van der Waals surface area contributed by atoms with Crippen molar-refractivity contribution in [1.29, 1.82) is 0 Å². The Morgan fingerprint density at radius 3 is 2.49 bits per heavy atom. The fourth-order valence-electron chi connectivity index (χ4n) is 8.64. The maximum Gasteiger partial charge on any atom is 0.407 e. The number of fused-ring (bicyclic) bond motifs is 2. The van der Waals surface area contributed by atoms with Gasteiger partial charge in [0.2, 0.25) is 0 Å². The zero-order valence-electron chi connectivity index (χ0n) is 30.3. The minimum Gasteiger partial charge on any atom is -0.465 e. The highest BCUT2D eigenvalue weighted by Gasteiger charge is 2.51. The molecular weight excluding hydrogens is 646 g/mol. The molecule has 1 spiro atoms. The largest absolute Gasteiger partial charge is 0.465 e. The number of dihydropyridines is 1. The summed E-state index contributed by atoms with van der Waals surface area (Å²) in [5, 5.41) is 15.9. The molecule has 4 aliphatic rings. The van der Waals surface area contributed by atoms with Crippen molar-refractivity contribution in [2.24, 2.45) is 0 Å². The molecule has 2 amide bonds. The Labute approximate surface area is 299 Å². The van der Waals surface area contributed by atoms with E-state index in [-0.39, 0.29) is 24.5 Å². The molecule has 2 fully saturated rings. The molecule has 4 aliphatic heterocycles. The minimum atomic E-state index is -0.956. The predicted molar refractivity (Wildman–Crippen MR) is 197 cm³/mol. The van der Waals surface area contributed by atoms with Gasteiger partial charge in [0.05, 0.1) is 5.41 Å². The minimum absolute atomic E-state index is 0.159. The van der Waals surface area contributed by atoms with Gasteiger partial charge in [-0.15, -0.1) is 0 Å². The number of hydrogen-bond acceptors (Lipinski definition) is 8. The van der Waals surface area contributed by atoms with Crippen molar-refractivity contribution in [1.82, 2.24) is 15.5 Å². The molecule has 2 atom stereocenters.